The summed E-state index contributed by atoms with van der Waals surface area (Å²) < 4.78 is 90.0. The van der Waals surface area contributed by atoms with E-state index in [9.17, 15) is 24.3 Å². The molecule has 0 saturated carbocycles. The number of aliphatic hydroxyl groups is 3. The third-order valence-corrected chi connectivity index (χ3v) is 26.6. The van der Waals surface area contributed by atoms with Crippen LogP contribution in [0.4, 0.5) is 0 Å². The van der Waals surface area contributed by atoms with Gasteiger partial charge in [0.1, 0.15) is 90.7 Å². The van der Waals surface area contributed by atoms with Gasteiger partial charge in [-0.15, -0.1) is 11.6 Å². The molecule has 0 atom stereocenters. The van der Waals surface area contributed by atoms with Crippen molar-refractivity contribution in [2.45, 2.75) is 164 Å². The Morgan fingerprint density at radius 1 is 0.253 bits per heavy atom. The number of hydrogen-bond donors (Lipinski definition) is 6. The molecular formula is C121H158ClN3O23Si2. The van der Waals surface area contributed by atoms with Crippen molar-refractivity contribution in [2.75, 3.05) is 133 Å². The van der Waals surface area contributed by atoms with E-state index in [0.717, 1.165) is 227 Å². The van der Waals surface area contributed by atoms with Crippen LogP contribution in [0.15, 0.2) is 291 Å². The van der Waals surface area contributed by atoms with Gasteiger partial charge in [-0.1, -0.05) is 146 Å². The molecule has 0 fully saturated rings. The summed E-state index contributed by atoms with van der Waals surface area (Å²) in [6.45, 7) is 14.5. The molecule has 810 valence electrons. The van der Waals surface area contributed by atoms with Crippen molar-refractivity contribution < 1.29 is 110 Å². The summed E-state index contributed by atoms with van der Waals surface area (Å²) in [5.74, 6) is 9.21. The van der Waals surface area contributed by atoms with Gasteiger partial charge in [-0.3, -0.25) is 19.2 Å². The summed E-state index contributed by atoms with van der Waals surface area (Å²) >= 11 is 7.43. The van der Waals surface area contributed by atoms with E-state index in [1.54, 1.807) is 85.2 Å². The first kappa shape index (κ1) is 125. The SMILES string of the molecule is CN.CNC(=O)CCCCCOc1ccc(C(O)(c2ccc(OC)cc2)c2ccc(OC)cc2)cc1.CNC(=O)CCCCCOc1ccc(C(OC)(c2ccc(OC)cc2)c2ccc(OC)cc2)cc1.CO.CO.COc1ccc(C(Cl)(c2ccc(OC)cc2)c2ccc(OCCCCCC(=O)O[Si](C)(C)C)cc2)cc1.COc1ccc(C(OC)(c2ccc(OC)cc2)c2ccc(OCCCCCC(=O)O[Si](C)(C)C)cc2)cc1. The predicted octanol–water partition coefficient (Wildman–Crippen LogP) is 23.3. The Balaban J connectivity index is 0.000000300. The zero-order valence-electron chi connectivity index (χ0n) is 91.3. The Morgan fingerprint density at radius 2 is 0.413 bits per heavy atom. The van der Waals surface area contributed by atoms with Crippen LogP contribution in [0.2, 0.25) is 39.3 Å². The first-order valence-electron chi connectivity index (χ1n) is 50.4. The number of hydrogen-bond acceptors (Lipinski definition) is 24. The van der Waals surface area contributed by atoms with Crippen LogP contribution in [0.25, 0.3) is 0 Å². The summed E-state index contributed by atoms with van der Waals surface area (Å²) in [5.41, 5.74) is 12.3. The average Bonchev–Trinajstić information content (AvgIpc) is 0.764. The summed E-state index contributed by atoms with van der Waals surface area (Å²) in [7, 11) is 19.8. The monoisotopic (exact) mass is 2110 g/mol. The number of benzene rings is 12. The van der Waals surface area contributed by atoms with Gasteiger partial charge < -0.3 is 107 Å². The molecule has 0 aliphatic carbocycles. The molecule has 0 saturated heterocycles. The van der Waals surface area contributed by atoms with E-state index in [4.69, 9.17) is 97.0 Å². The number of unbranched alkanes of at least 4 members (excludes halogenated alkanes) is 8. The Morgan fingerprint density at radius 3 is 0.573 bits per heavy atom. The van der Waals surface area contributed by atoms with E-state index >= 15 is 0 Å². The maximum absolute atomic E-state index is 12.0. The Kier molecular flexibility index (Phi) is 55.3. The van der Waals surface area contributed by atoms with Crippen molar-refractivity contribution in [3.05, 3.63) is 358 Å². The van der Waals surface area contributed by atoms with Crippen LogP contribution in [0.3, 0.4) is 0 Å². The molecule has 12 aromatic rings. The molecule has 0 aromatic heterocycles. The number of rotatable bonds is 52. The van der Waals surface area contributed by atoms with Crippen molar-refractivity contribution in [1.29, 1.82) is 0 Å². The average molecular weight is 2110 g/mol. The number of alkyl halides is 1. The van der Waals surface area contributed by atoms with Gasteiger partial charge in [0, 0.05) is 68.2 Å². The van der Waals surface area contributed by atoms with Gasteiger partial charge in [0.05, 0.1) is 83.3 Å². The van der Waals surface area contributed by atoms with Crippen LogP contribution in [0, 0.1) is 0 Å². The summed E-state index contributed by atoms with van der Waals surface area (Å²) in [5, 5.41) is 31.3. The number of nitrogens with one attached hydrogen (secondary N) is 2. The fourth-order valence-corrected chi connectivity index (χ4v) is 18.4. The molecule has 0 spiro atoms. The molecule has 12 rings (SSSR count). The standard InChI is InChI=1S/C31H40O6Si.C30H37ClO5Si.C29H35NO5.C28H33NO5.CH5N.2CH4O/c1-33-27-17-11-24(12-18-27)31(35-3,25-13-19-28(34-2)20-14-25)26-15-21-29(22-16-26)36-23-9-7-8-10-30(32)37-38(4,5)6;1-33-26-16-10-23(11-17-26)30(31,24-12-18-27(34-2)19-13-24)25-14-20-28(21-15-25)35-22-8-6-7-9-29(32)36-37(3,4)5;1-30-28(31)8-6-5-7-21-35-27-19-13-24(14-20-27)29(34-4,22-9-15-25(32-2)16-10-22)23-11-17-26(33-3)18-12-23;1-29-27(30)7-5-4-6-20-34-26-18-12-23(13-19-26)28(31,21-8-14-24(32-2)15-9-21)22-10-16-25(33-3)17-11-22;3*1-2/h11-22H,7-10,23H2,1-6H3;10-21H,6-9,22H2,1-5H3;9-20H,5-8,21H2,1-4H3,(H,30,31);8-19,31H,4-7,20H2,1-3H3,(H,29,30);2H2,1H3;2*2H,1H3. The molecule has 0 bridgehead atoms. The molecule has 2 amide bonds. The molecule has 29 heteroatoms. The number of nitrogens with two attached hydrogens (primary N) is 1. The minimum atomic E-state index is -1.81. The van der Waals surface area contributed by atoms with Crippen LogP contribution in [0.5, 0.6) is 69.0 Å². The fraction of sp³-hybridized carbons (Fsp3) is 0.372. The van der Waals surface area contributed by atoms with Crippen molar-refractivity contribution in [2.24, 2.45) is 5.73 Å². The molecular weight excluding hydrogens is 1950 g/mol. The molecule has 0 aliphatic rings. The number of carbonyl (C=O) groups excluding carboxylic acids is 4. The van der Waals surface area contributed by atoms with Gasteiger partial charge in [-0.25, -0.2) is 0 Å². The summed E-state index contributed by atoms with van der Waals surface area (Å²) in [4.78, 5) is 45.4. The number of carbonyl (C=O) groups is 4. The number of halogens is 1. The Labute approximate surface area is 896 Å². The first-order chi connectivity index (χ1) is 72.4. The number of amides is 2. The highest BCUT2D eigenvalue weighted by atomic mass is 35.5. The zero-order chi connectivity index (χ0) is 110. The van der Waals surface area contributed by atoms with E-state index in [1.165, 1.54) is 7.05 Å². The van der Waals surface area contributed by atoms with Gasteiger partial charge in [0.25, 0.3) is 11.9 Å². The lowest BCUT2D eigenvalue weighted by Crippen LogP contribution is -2.31. The first-order valence-corrected chi connectivity index (χ1v) is 57.6. The van der Waals surface area contributed by atoms with Crippen LogP contribution in [0.1, 0.15) is 169 Å². The second kappa shape index (κ2) is 66.2. The quantitative estimate of drug-likeness (QED) is 0.00892. The molecule has 0 heterocycles. The van der Waals surface area contributed by atoms with Gasteiger partial charge in [0.2, 0.25) is 28.4 Å². The largest absolute Gasteiger partial charge is 0.520 e. The van der Waals surface area contributed by atoms with Crippen molar-refractivity contribution in [1.82, 2.24) is 10.6 Å². The Bertz CT molecular complexity index is 5600. The third kappa shape index (κ3) is 38.3. The second-order valence-corrected chi connectivity index (χ2v) is 45.6. The van der Waals surface area contributed by atoms with Gasteiger partial charge >= 0.3 is 0 Å². The topological polar surface area (TPSA) is 327 Å². The molecule has 0 unspecified atom stereocenters. The van der Waals surface area contributed by atoms with Gasteiger partial charge in [-0.05, 0) is 336 Å². The highest BCUT2D eigenvalue weighted by Gasteiger charge is 2.41. The minimum absolute atomic E-state index is 0.0673. The van der Waals surface area contributed by atoms with E-state index in [0.29, 0.717) is 52.1 Å². The molecule has 26 nitrogen and oxygen atoms in total. The maximum atomic E-state index is 12.0. The van der Waals surface area contributed by atoms with E-state index < -0.39 is 38.3 Å². The van der Waals surface area contributed by atoms with Crippen LogP contribution in [-0.4, -0.2) is 189 Å². The zero-order valence-corrected chi connectivity index (χ0v) is 94.1. The second-order valence-electron chi connectivity index (χ2n) is 36.2. The number of ether oxygens (including phenoxy) is 14. The van der Waals surface area contributed by atoms with E-state index in [1.807, 2.05) is 330 Å². The smallest absolute Gasteiger partial charge is 0.292 e. The molecule has 7 N–H and O–H groups in total. The van der Waals surface area contributed by atoms with Crippen LogP contribution >= 0.6 is 11.6 Å². The lowest BCUT2D eigenvalue weighted by Gasteiger charge is -2.34. The maximum Gasteiger partial charge on any atom is 0.292 e. The van der Waals surface area contributed by atoms with Crippen LogP contribution in [-0.2, 0) is 59.2 Å². The molecule has 150 heavy (non-hydrogen) atoms. The molecule has 0 radical (unpaired) electrons. The normalized spacial score (nSPS) is 11.0. The molecule has 0 aliphatic heterocycles. The highest BCUT2D eigenvalue weighted by Crippen LogP contribution is 2.48. The van der Waals surface area contributed by atoms with E-state index in [-0.39, 0.29) is 23.8 Å². The molecule has 12 aromatic carbocycles. The summed E-state index contributed by atoms with van der Waals surface area (Å²) in [6, 6.07) is 93.6. The lowest BCUT2D eigenvalue weighted by molar-refractivity contribution is -0.136. The van der Waals surface area contributed by atoms with Crippen molar-refractivity contribution >= 4 is 52.0 Å². The minimum Gasteiger partial charge on any atom is -0.520 e. The van der Waals surface area contributed by atoms with Gasteiger partial charge in [0.15, 0.2) is 0 Å². The van der Waals surface area contributed by atoms with Gasteiger partial charge in [-0.2, -0.15) is 0 Å². The van der Waals surface area contributed by atoms with Crippen molar-refractivity contribution in [3.63, 3.8) is 0 Å². The fourth-order valence-electron chi connectivity index (χ4n) is 16.5. The predicted molar refractivity (Wildman–Crippen MR) is 601 cm³/mol. The summed E-state index contributed by atoms with van der Waals surface area (Å²) in [6.07, 6.45) is 12.6. The lowest BCUT2D eigenvalue weighted by atomic mass is 9.80. The van der Waals surface area contributed by atoms with Crippen LogP contribution < -0.4 is 73.2 Å². The number of aliphatic hydroxyl groups excluding tert-OH is 2. The number of methoxy groups -OCH3 is 10. The van der Waals surface area contributed by atoms with E-state index in [2.05, 4.69) is 16.4 Å². The third-order valence-electron chi connectivity index (χ3n) is 24.3. The Hall–Kier alpha value is -13.4. The highest BCUT2D eigenvalue weighted by molar-refractivity contribution is 6.71. The van der Waals surface area contributed by atoms with Crippen molar-refractivity contribution in [3.8, 4) is 69.0 Å².